The highest BCUT2D eigenvalue weighted by Crippen LogP contribution is 2.10. The van der Waals surface area contributed by atoms with E-state index in [9.17, 15) is 4.79 Å². The molecule has 0 atom stereocenters. The fourth-order valence-corrected chi connectivity index (χ4v) is 1.74. The predicted molar refractivity (Wildman–Crippen MR) is 64.3 cm³/mol. The summed E-state index contributed by atoms with van der Waals surface area (Å²) in [5.74, 6) is 1.60. The SMILES string of the molecule is C#CCN(CC(=O)O)Cc1cn(C)nc1CC. The second kappa shape index (κ2) is 6.06. The minimum Gasteiger partial charge on any atom is -0.480 e. The van der Waals surface area contributed by atoms with Gasteiger partial charge >= 0.3 is 5.97 Å². The Hall–Kier alpha value is -1.80. The standard InChI is InChI=1S/C12H17N3O2/c1-4-6-15(9-12(16)17)8-10-7-14(3)13-11(10)5-2/h1,7H,5-6,8-9H2,2-3H3,(H,16,17). The van der Waals surface area contributed by atoms with Gasteiger partial charge in [0.15, 0.2) is 0 Å². The summed E-state index contributed by atoms with van der Waals surface area (Å²) >= 11 is 0. The Balaban J connectivity index is 2.77. The van der Waals surface area contributed by atoms with E-state index in [2.05, 4.69) is 11.0 Å². The van der Waals surface area contributed by atoms with Gasteiger partial charge < -0.3 is 5.11 Å². The van der Waals surface area contributed by atoms with Gasteiger partial charge in [-0.3, -0.25) is 14.4 Å². The number of aromatic nitrogens is 2. The third-order valence-corrected chi connectivity index (χ3v) is 2.39. The van der Waals surface area contributed by atoms with Crippen LogP contribution in [0.2, 0.25) is 0 Å². The molecular formula is C12H17N3O2. The van der Waals surface area contributed by atoms with Crippen molar-refractivity contribution < 1.29 is 9.90 Å². The van der Waals surface area contributed by atoms with Crippen LogP contribution in [0.3, 0.4) is 0 Å². The van der Waals surface area contributed by atoms with Gasteiger partial charge in [-0.25, -0.2) is 0 Å². The van der Waals surface area contributed by atoms with Crippen LogP contribution in [0.15, 0.2) is 6.20 Å². The quantitative estimate of drug-likeness (QED) is 0.730. The fourth-order valence-electron chi connectivity index (χ4n) is 1.74. The van der Waals surface area contributed by atoms with E-state index in [1.54, 1.807) is 9.58 Å². The molecule has 5 nitrogen and oxygen atoms in total. The molecule has 1 rings (SSSR count). The van der Waals surface area contributed by atoms with E-state index < -0.39 is 5.97 Å². The number of carboxylic acid groups (broad SMARTS) is 1. The summed E-state index contributed by atoms with van der Waals surface area (Å²) in [6.45, 7) is 2.81. The van der Waals surface area contributed by atoms with Crippen molar-refractivity contribution >= 4 is 5.97 Å². The number of rotatable bonds is 6. The number of hydrogen-bond donors (Lipinski definition) is 1. The Labute approximate surface area is 101 Å². The number of aliphatic carboxylic acids is 1. The molecule has 0 aliphatic rings. The van der Waals surface area contributed by atoms with Crippen molar-refractivity contribution in [3.05, 3.63) is 17.5 Å². The van der Waals surface area contributed by atoms with Gasteiger partial charge in [0.05, 0.1) is 18.8 Å². The van der Waals surface area contributed by atoms with E-state index in [1.165, 1.54) is 0 Å². The molecule has 0 saturated carbocycles. The largest absolute Gasteiger partial charge is 0.480 e. The van der Waals surface area contributed by atoms with Crippen LogP contribution < -0.4 is 0 Å². The van der Waals surface area contributed by atoms with Gasteiger partial charge in [-0.2, -0.15) is 5.10 Å². The maximum atomic E-state index is 10.7. The first-order valence-corrected chi connectivity index (χ1v) is 5.45. The topological polar surface area (TPSA) is 58.4 Å². The van der Waals surface area contributed by atoms with Gasteiger partial charge in [-0.1, -0.05) is 12.8 Å². The third-order valence-electron chi connectivity index (χ3n) is 2.39. The maximum absolute atomic E-state index is 10.7. The van der Waals surface area contributed by atoms with Gasteiger partial charge in [0.25, 0.3) is 0 Å². The molecule has 0 aliphatic heterocycles. The molecule has 0 spiro atoms. The minimum atomic E-state index is -0.873. The van der Waals surface area contributed by atoms with Crippen LogP contribution in [-0.4, -0.2) is 38.8 Å². The minimum absolute atomic E-state index is 0.0533. The summed E-state index contributed by atoms with van der Waals surface area (Å²) in [5.41, 5.74) is 2.02. The van der Waals surface area contributed by atoms with Gasteiger partial charge in [0.2, 0.25) is 0 Å². The average Bonchev–Trinajstić information content (AvgIpc) is 2.58. The fraction of sp³-hybridized carbons (Fsp3) is 0.500. The second-order valence-electron chi connectivity index (χ2n) is 3.87. The summed E-state index contributed by atoms with van der Waals surface area (Å²) in [6.07, 6.45) is 7.96. The van der Waals surface area contributed by atoms with E-state index in [0.717, 1.165) is 17.7 Å². The van der Waals surface area contributed by atoms with Crippen LogP contribution >= 0.6 is 0 Å². The lowest BCUT2D eigenvalue weighted by molar-refractivity contribution is -0.138. The molecule has 0 amide bonds. The zero-order valence-electron chi connectivity index (χ0n) is 10.2. The van der Waals surface area contributed by atoms with Crippen molar-refractivity contribution in [2.75, 3.05) is 13.1 Å². The highest BCUT2D eigenvalue weighted by molar-refractivity contribution is 5.69. The van der Waals surface area contributed by atoms with E-state index in [4.69, 9.17) is 11.5 Å². The summed E-state index contributed by atoms with van der Waals surface area (Å²) in [4.78, 5) is 12.4. The van der Waals surface area contributed by atoms with E-state index in [0.29, 0.717) is 13.1 Å². The molecule has 1 aromatic heterocycles. The van der Waals surface area contributed by atoms with Gasteiger partial charge in [-0.15, -0.1) is 6.42 Å². The van der Waals surface area contributed by atoms with Crippen molar-refractivity contribution in [1.82, 2.24) is 14.7 Å². The molecular weight excluding hydrogens is 218 g/mol. The van der Waals surface area contributed by atoms with Crippen molar-refractivity contribution in [2.45, 2.75) is 19.9 Å². The van der Waals surface area contributed by atoms with Crippen LogP contribution in [0, 0.1) is 12.3 Å². The molecule has 0 saturated heterocycles. The zero-order valence-corrected chi connectivity index (χ0v) is 10.2. The van der Waals surface area contributed by atoms with E-state index >= 15 is 0 Å². The Morgan fingerprint density at radius 1 is 1.71 bits per heavy atom. The highest BCUT2D eigenvalue weighted by atomic mass is 16.4. The van der Waals surface area contributed by atoms with Crippen LogP contribution in [-0.2, 0) is 24.8 Å². The molecule has 0 fully saturated rings. The smallest absolute Gasteiger partial charge is 0.317 e. The van der Waals surface area contributed by atoms with Crippen LogP contribution in [0.4, 0.5) is 0 Å². The monoisotopic (exact) mass is 235 g/mol. The summed E-state index contributed by atoms with van der Waals surface area (Å²) in [7, 11) is 1.85. The predicted octanol–water partition coefficient (Wildman–Crippen LogP) is 0.502. The first-order chi connectivity index (χ1) is 8.06. The number of hydrogen-bond acceptors (Lipinski definition) is 3. The van der Waals surface area contributed by atoms with Crippen molar-refractivity contribution in [2.24, 2.45) is 7.05 Å². The molecule has 92 valence electrons. The Kier molecular flexibility index (Phi) is 4.73. The number of nitrogens with zero attached hydrogens (tertiary/aromatic N) is 3. The molecule has 1 aromatic rings. The molecule has 17 heavy (non-hydrogen) atoms. The molecule has 0 aliphatic carbocycles. The lowest BCUT2D eigenvalue weighted by Gasteiger charge is -2.16. The maximum Gasteiger partial charge on any atom is 0.317 e. The summed E-state index contributed by atoms with van der Waals surface area (Å²) in [5, 5.41) is 13.1. The molecule has 1 heterocycles. The zero-order chi connectivity index (χ0) is 12.8. The first-order valence-electron chi connectivity index (χ1n) is 5.45. The molecule has 5 heteroatoms. The van der Waals surface area contributed by atoms with Crippen molar-refractivity contribution in [1.29, 1.82) is 0 Å². The van der Waals surface area contributed by atoms with E-state index in [-0.39, 0.29) is 6.54 Å². The lowest BCUT2D eigenvalue weighted by Crippen LogP contribution is -2.29. The van der Waals surface area contributed by atoms with Crippen LogP contribution in [0.1, 0.15) is 18.2 Å². The van der Waals surface area contributed by atoms with Crippen molar-refractivity contribution in [3.63, 3.8) is 0 Å². The number of terminal acetylenes is 1. The van der Waals surface area contributed by atoms with Gasteiger partial charge in [0.1, 0.15) is 0 Å². The Morgan fingerprint density at radius 3 is 2.94 bits per heavy atom. The molecule has 0 unspecified atom stereocenters. The third kappa shape index (κ3) is 3.93. The normalized spacial score (nSPS) is 10.5. The highest BCUT2D eigenvalue weighted by Gasteiger charge is 2.13. The van der Waals surface area contributed by atoms with Crippen LogP contribution in [0.25, 0.3) is 0 Å². The van der Waals surface area contributed by atoms with Crippen LogP contribution in [0.5, 0.6) is 0 Å². The van der Waals surface area contributed by atoms with Crippen molar-refractivity contribution in [3.8, 4) is 12.3 Å². The van der Waals surface area contributed by atoms with Gasteiger partial charge in [-0.05, 0) is 6.42 Å². The molecule has 0 radical (unpaired) electrons. The first kappa shape index (κ1) is 13.3. The molecule has 0 aromatic carbocycles. The number of carbonyl (C=O) groups is 1. The van der Waals surface area contributed by atoms with E-state index in [1.807, 2.05) is 20.2 Å². The Bertz CT molecular complexity index is 431. The average molecular weight is 235 g/mol. The second-order valence-corrected chi connectivity index (χ2v) is 3.87. The number of carboxylic acids is 1. The lowest BCUT2D eigenvalue weighted by atomic mass is 10.2. The molecule has 0 bridgehead atoms. The summed E-state index contributed by atoms with van der Waals surface area (Å²) in [6, 6.07) is 0. The number of aryl methyl sites for hydroxylation is 2. The van der Waals surface area contributed by atoms with Gasteiger partial charge in [0, 0.05) is 25.4 Å². The Morgan fingerprint density at radius 2 is 2.41 bits per heavy atom. The molecule has 1 N–H and O–H groups in total. The summed E-state index contributed by atoms with van der Waals surface area (Å²) < 4.78 is 1.74.